The van der Waals surface area contributed by atoms with Crippen LogP contribution in [0.3, 0.4) is 0 Å². The highest BCUT2D eigenvalue weighted by molar-refractivity contribution is 5.87. The molecule has 5 rings (SSSR count). The summed E-state index contributed by atoms with van der Waals surface area (Å²) in [5.41, 5.74) is 3.45. The molecule has 3 aliphatic carbocycles. The van der Waals surface area contributed by atoms with Crippen molar-refractivity contribution in [1.29, 1.82) is 0 Å². The molecule has 0 heterocycles. The summed E-state index contributed by atoms with van der Waals surface area (Å²) in [6, 6.07) is 9.43. The number of alkyl halides is 3. The Bertz CT molecular complexity index is 1030. The number of aromatic hydroxyl groups is 1. The first-order valence-electron chi connectivity index (χ1n) is 10.9. The third-order valence-corrected chi connectivity index (χ3v) is 7.95. The van der Waals surface area contributed by atoms with Crippen molar-refractivity contribution < 1.29 is 27.8 Å². The van der Waals surface area contributed by atoms with E-state index in [4.69, 9.17) is 0 Å². The van der Waals surface area contributed by atoms with Crippen LogP contribution in [-0.2, 0) is 11.2 Å². The molecular weight excluding hydrogens is 405 g/mol. The van der Waals surface area contributed by atoms with Gasteiger partial charge >= 0.3 is 6.36 Å². The van der Waals surface area contributed by atoms with E-state index in [0.717, 1.165) is 37.7 Å². The van der Waals surface area contributed by atoms with Crippen LogP contribution in [0, 0.1) is 17.3 Å². The van der Waals surface area contributed by atoms with E-state index in [-0.39, 0.29) is 16.9 Å². The number of phenols is 1. The Morgan fingerprint density at radius 2 is 1.81 bits per heavy atom. The van der Waals surface area contributed by atoms with Crippen molar-refractivity contribution in [1.82, 2.24) is 0 Å². The van der Waals surface area contributed by atoms with Crippen LogP contribution in [0.2, 0.25) is 0 Å². The first-order chi connectivity index (χ1) is 14.7. The molecule has 0 bridgehead atoms. The largest absolute Gasteiger partial charge is 0.573 e. The minimum absolute atomic E-state index is 0.137. The number of ketones is 1. The zero-order valence-corrected chi connectivity index (χ0v) is 17.3. The van der Waals surface area contributed by atoms with E-state index >= 15 is 0 Å². The number of benzene rings is 2. The van der Waals surface area contributed by atoms with Gasteiger partial charge in [0.2, 0.25) is 0 Å². The highest BCUT2D eigenvalue weighted by Gasteiger charge is 2.54. The lowest BCUT2D eigenvalue weighted by Gasteiger charge is -2.48. The Hall–Kier alpha value is -2.50. The van der Waals surface area contributed by atoms with Gasteiger partial charge in [-0.25, -0.2) is 0 Å². The summed E-state index contributed by atoms with van der Waals surface area (Å²) in [7, 11) is 0. The van der Waals surface area contributed by atoms with Crippen LogP contribution in [0.5, 0.6) is 11.5 Å². The molecule has 0 amide bonds. The van der Waals surface area contributed by atoms with Crippen LogP contribution in [0.1, 0.15) is 56.1 Å². The summed E-state index contributed by atoms with van der Waals surface area (Å²) in [5.74, 6) is 1.51. The van der Waals surface area contributed by atoms with Gasteiger partial charge in [0.25, 0.3) is 0 Å². The molecule has 3 aliphatic rings. The first-order valence-corrected chi connectivity index (χ1v) is 10.9. The number of halogens is 3. The van der Waals surface area contributed by atoms with Gasteiger partial charge in [-0.05, 0) is 90.8 Å². The highest BCUT2D eigenvalue weighted by atomic mass is 19.4. The number of hydrogen-bond donors (Lipinski definition) is 1. The molecule has 2 aromatic carbocycles. The van der Waals surface area contributed by atoms with Gasteiger partial charge < -0.3 is 9.84 Å². The van der Waals surface area contributed by atoms with Gasteiger partial charge in [-0.2, -0.15) is 0 Å². The van der Waals surface area contributed by atoms with Crippen molar-refractivity contribution in [2.75, 3.05) is 0 Å². The zero-order chi connectivity index (χ0) is 22.0. The maximum Gasteiger partial charge on any atom is 0.573 e. The maximum absolute atomic E-state index is 12.5. The van der Waals surface area contributed by atoms with Crippen LogP contribution in [0.4, 0.5) is 13.2 Å². The zero-order valence-electron chi connectivity index (χ0n) is 17.3. The smallest absolute Gasteiger partial charge is 0.507 e. The second-order valence-corrected chi connectivity index (χ2v) is 9.47. The first kappa shape index (κ1) is 20.4. The number of hydrogen-bond acceptors (Lipinski definition) is 3. The molecule has 164 valence electrons. The van der Waals surface area contributed by atoms with Crippen molar-refractivity contribution in [3.05, 3.63) is 47.5 Å². The van der Waals surface area contributed by atoms with Gasteiger partial charge in [0.1, 0.15) is 17.3 Å². The Kier molecular flexibility index (Phi) is 4.61. The molecule has 0 saturated heterocycles. The van der Waals surface area contributed by atoms with E-state index < -0.39 is 6.36 Å². The minimum atomic E-state index is -4.73. The van der Waals surface area contributed by atoms with Gasteiger partial charge in [-0.15, -0.1) is 13.2 Å². The van der Waals surface area contributed by atoms with Gasteiger partial charge in [0, 0.05) is 17.4 Å². The molecule has 4 atom stereocenters. The monoisotopic (exact) mass is 430 g/mol. The summed E-state index contributed by atoms with van der Waals surface area (Å²) in [6.07, 6.45) is 0.691. The lowest BCUT2D eigenvalue weighted by molar-refractivity contribution is -0.274. The summed E-state index contributed by atoms with van der Waals surface area (Å²) >= 11 is 0. The summed E-state index contributed by atoms with van der Waals surface area (Å²) in [5, 5.41) is 10.6. The van der Waals surface area contributed by atoms with Crippen molar-refractivity contribution >= 4 is 5.78 Å². The molecule has 0 aromatic heterocycles. The third kappa shape index (κ3) is 3.40. The van der Waals surface area contributed by atoms with Crippen LogP contribution in [-0.4, -0.2) is 17.3 Å². The fourth-order valence-electron chi connectivity index (χ4n) is 6.45. The number of fused-ring (bicyclic) bond motifs is 5. The quantitative estimate of drug-likeness (QED) is 0.601. The van der Waals surface area contributed by atoms with Crippen molar-refractivity contribution in [3.63, 3.8) is 0 Å². The average molecular weight is 430 g/mol. The summed E-state index contributed by atoms with van der Waals surface area (Å²) in [6.45, 7) is 2.14. The summed E-state index contributed by atoms with van der Waals surface area (Å²) in [4.78, 5) is 12.5. The predicted molar refractivity (Wildman–Crippen MR) is 110 cm³/mol. The number of carbonyl (C=O) groups is 1. The van der Waals surface area contributed by atoms with Gasteiger partial charge in [-0.1, -0.05) is 19.1 Å². The Labute approximate surface area is 179 Å². The van der Waals surface area contributed by atoms with E-state index in [1.807, 2.05) is 12.1 Å². The van der Waals surface area contributed by atoms with E-state index in [0.29, 0.717) is 41.1 Å². The van der Waals surface area contributed by atoms with E-state index in [9.17, 15) is 23.1 Å². The molecule has 6 heteroatoms. The van der Waals surface area contributed by atoms with E-state index in [1.54, 1.807) is 0 Å². The molecule has 3 nitrogen and oxygen atoms in total. The number of phenolic OH excluding ortho intramolecular Hbond substituents is 1. The Morgan fingerprint density at radius 3 is 2.52 bits per heavy atom. The maximum atomic E-state index is 12.5. The van der Waals surface area contributed by atoms with Crippen LogP contribution < -0.4 is 4.74 Å². The molecule has 0 radical (unpaired) electrons. The van der Waals surface area contributed by atoms with Crippen LogP contribution in [0.25, 0.3) is 11.1 Å². The average Bonchev–Trinajstić information content (AvgIpc) is 3.01. The Morgan fingerprint density at radius 1 is 1.06 bits per heavy atom. The number of aryl methyl sites for hydroxylation is 1. The number of rotatable bonds is 2. The fraction of sp³-hybridized carbons (Fsp3) is 0.480. The molecule has 0 unspecified atom stereocenters. The van der Waals surface area contributed by atoms with Crippen molar-refractivity contribution in [2.24, 2.45) is 17.3 Å². The predicted octanol–water partition coefficient (Wildman–Crippen LogP) is 6.38. The van der Waals surface area contributed by atoms with Gasteiger partial charge in [-0.3, -0.25) is 4.79 Å². The second-order valence-electron chi connectivity index (χ2n) is 9.47. The third-order valence-electron chi connectivity index (χ3n) is 7.95. The van der Waals surface area contributed by atoms with Crippen LogP contribution >= 0.6 is 0 Å². The molecular formula is C25H25F3O3. The Balaban J connectivity index is 1.47. The normalized spacial score (nSPS) is 29.8. The highest BCUT2D eigenvalue weighted by Crippen LogP contribution is 2.60. The van der Waals surface area contributed by atoms with Crippen LogP contribution in [0.15, 0.2) is 36.4 Å². The second kappa shape index (κ2) is 7.01. The van der Waals surface area contributed by atoms with Crippen molar-refractivity contribution in [3.8, 4) is 22.6 Å². The number of ether oxygens (including phenoxy) is 1. The number of carbonyl (C=O) groups excluding carboxylic acids is 1. The topological polar surface area (TPSA) is 46.5 Å². The SMILES string of the molecule is C[C@]12CC[C@@H]3c4cc(-c5ccc(OC(F)(F)F)cc5)c(O)cc4CC[C@H]3[C@@H]1CCC2=O. The minimum Gasteiger partial charge on any atom is -0.507 e. The fourth-order valence-corrected chi connectivity index (χ4v) is 6.45. The van der Waals surface area contributed by atoms with Crippen molar-refractivity contribution in [2.45, 2.75) is 57.7 Å². The molecule has 0 spiro atoms. The molecule has 1 N–H and O–H groups in total. The van der Waals surface area contributed by atoms with Gasteiger partial charge in [0.05, 0.1) is 0 Å². The van der Waals surface area contributed by atoms with Gasteiger partial charge in [0.15, 0.2) is 0 Å². The molecule has 0 aliphatic heterocycles. The number of Topliss-reactive ketones (excluding diaryl/α,β-unsaturated/α-hetero) is 1. The molecule has 2 saturated carbocycles. The van der Waals surface area contributed by atoms with E-state index in [1.165, 1.54) is 29.8 Å². The molecule has 2 aromatic rings. The molecule has 2 fully saturated rings. The standard InChI is InChI=1S/C25H25F3O3/c1-24-11-10-17-18(21(24)8-9-23(24)30)7-4-15-12-22(29)20(13-19(15)17)14-2-5-16(6-3-14)31-25(26,27)28/h2-3,5-6,12-13,17-18,21,29H,4,7-11H2,1H3/t17-,18+,21-,24-/m0/s1. The van der Waals surface area contributed by atoms with E-state index in [2.05, 4.69) is 11.7 Å². The molecule has 31 heavy (non-hydrogen) atoms. The lowest BCUT2D eigenvalue weighted by atomic mass is 9.55. The summed E-state index contributed by atoms with van der Waals surface area (Å²) < 4.78 is 41.3. The lowest BCUT2D eigenvalue weighted by Crippen LogP contribution is -2.42.